The second-order valence-electron chi connectivity index (χ2n) is 4.08. The molecule has 0 bridgehead atoms. The number of nitrogens with zero attached hydrogens (tertiary/aromatic N) is 1. The van der Waals surface area contributed by atoms with E-state index < -0.39 is 36.6 Å². The molecular weight excluding hydrogens is 253 g/mol. The minimum Gasteiger partial charge on any atom is -0.466 e. The van der Waals surface area contributed by atoms with Crippen LogP contribution in [0, 0.1) is 0 Å². The second kappa shape index (κ2) is 5.55. The molecule has 2 unspecified atom stereocenters. The summed E-state index contributed by atoms with van der Waals surface area (Å²) in [4.78, 5) is 23.2. The molecule has 5 nitrogen and oxygen atoms in total. The van der Waals surface area contributed by atoms with Crippen molar-refractivity contribution in [3.63, 3.8) is 0 Å². The lowest BCUT2D eigenvalue weighted by atomic mass is 10.1. The zero-order valence-electron chi connectivity index (χ0n) is 9.87. The number of nitrogens with two attached hydrogens (primary N) is 1. The van der Waals surface area contributed by atoms with E-state index in [2.05, 4.69) is 4.74 Å². The number of amides is 1. The van der Waals surface area contributed by atoms with Gasteiger partial charge in [0.2, 0.25) is 5.91 Å². The van der Waals surface area contributed by atoms with Crippen LogP contribution in [0.5, 0.6) is 0 Å². The SMILES string of the molecule is CCOC(=O)CC(N1CC(N)CC1=O)C(F)(F)F. The molecule has 1 aliphatic rings. The minimum atomic E-state index is -4.67. The van der Waals surface area contributed by atoms with Crippen LogP contribution >= 0.6 is 0 Å². The van der Waals surface area contributed by atoms with E-state index in [-0.39, 0.29) is 19.6 Å². The number of hydrogen-bond donors (Lipinski definition) is 1. The molecule has 1 rings (SSSR count). The summed E-state index contributed by atoms with van der Waals surface area (Å²) < 4.78 is 43.0. The number of ether oxygens (including phenoxy) is 1. The molecule has 0 spiro atoms. The third-order valence-corrected chi connectivity index (χ3v) is 2.61. The molecule has 0 radical (unpaired) electrons. The zero-order valence-corrected chi connectivity index (χ0v) is 9.87. The van der Waals surface area contributed by atoms with Crippen LogP contribution in [0.1, 0.15) is 19.8 Å². The molecule has 0 saturated carbocycles. The van der Waals surface area contributed by atoms with Crippen molar-refractivity contribution < 1.29 is 27.5 Å². The number of alkyl halides is 3. The van der Waals surface area contributed by atoms with Crippen LogP contribution in [0.3, 0.4) is 0 Å². The first kappa shape index (κ1) is 14.7. The predicted molar refractivity (Wildman–Crippen MR) is 55.4 cm³/mol. The third-order valence-electron chi connectivity index (χ3n) is 2.61. The van der Waals surface area contributed by atoms with E-state index in [1.807, 2.05) is 0 Å². The van der Waals surface area contributed by atoms with Gasteiger partial charge in [-0.1, -0.05) is 0 Å². The van der Waals surface area contributed by atoms with E-state index in [4.69, 9.17) is 5.73 Å². The highest BCUT2D eigenvalue weighted by Crippen LogP contribution is 2.30. The third kappa shape index (κ3) is 3.59. The topological polar surface area (TPSA) is 72.6 Å². The average Bonchev–Trinajstić information content (AvgIpc) is 2.53. The molecule has 104 valence electrons. The standard InChI is InChI=1S/C10H15F3N2O3/c1-2-18-9(17)4-7(10(11,12)13)15-5-6(14)3-8(15)16/h6-7H,2-5,14H2,1H3. The Bertz CT molecular complexity index is 333. The summed E-state index contributed by atoms with van der Waals surface area (Å²) in [6.45, 7) is 1.30. The lowest BCUT2D eigenvalue weighted by Crippen LogP contribution is -2.48. The van der Waals surface area contributed by atoms with Crippen molar-refractivity contribution in [1.82, 2.24) is 4.90 Å². The molecule has 2 N–H and O–H groups in total. The van der Waals surface area contributed by atoms with E-state index in [1.54, 1.807) is 0 Å². The number of halogens is 3. The van der Waals surface area contributed by atoms with Crippen LogP contribution in [0.25, 0.3) is 0 Å². The maximum absolute atomic E-state index is 12.8. The summed E-state index contributed by atoms with van der Waals surface area (Å²) in [5.41, 5.74) is 5.44. The van der Waals surface area contributed by atoms with Crippen molar-refractivity contribution in [2.75, 3.05) is 13.2 Å². The van der Waals surface area contributed by atoms with Gasteiger partial charge < -0.3 is 15.4 Å². The average molecular weight is 268 g/mol. The van der Waals surface area contributed by atoms with E-state index in [9.17, 15) is 22.8 Å². The predicted octanol–water partition coefficient (Wildman–Crippen LogP) is 0.430. The van der Waals surface area contributed by atoms with Gasteiger partial charge in [0.1, 0.15) is 6.04 Å². The first-order valence-electron chi connectivity index (χ1n) is 5.53. The maximum Gasteiger partial charge on any atom is 0.409 e. The van der Waals surface area contributed by atoms with Gasteiger partial charge in [0.05, 0.1) is 13.0 Å². The van der Waals surface area contributed by atoms with Gasteiger partial charge in [-0.25, -0.2) is 0 Å². The molecule has 1 fully saturated rings. The van der Waals surface area contributed by atoms with Gasteiger partial charge >= 0.3 is 12.1 Å². The first-order chi connectivity index (χ1) is 8.25. The first-order valence-corrected chi connectivity index (χ1v) is 5.53. The summed E-state index contributed by atoms with van der Waals surface area (Å²) >= 11 is 0. The number of esters is 1. The highest BCUT2D eigenvalue weighted by Gasteiger charge is 2.49. The van der Waals surface area contributed by atoms with Gasteiger partial charge in [-0.05, 0) is 6.92 Å². The van der Waals surface area contributed by atoms with Crippen LogP contribution in [-0.2, 0) is 14.3 Å². The Hall–Kier alpha value is -1.31. The number of carbonyl (C=O) groups is 2. The van der Waals surface area contributed by atoms with Gasteiger partial charge in [-0.3, -0.25) is 9.59 Å². The molecule has 1 aliphatic heterocycles. The van der Waals surface area contributed by atoms with Crippen molar-refractivity contribution in [3.8, 4) is 0 Å². The molecule has 0 aromatic heterocycles. The minimum absolute atomic E-state index is 0.00310. The molecule has 1 heterocycles. The summed E-state index contributed by atoms with van der Waals surface area (Å²) in [5, 5.41) is 0. The molecule has 2 atom stereocenters. The van der Waals surface area contributed by atoms with E-state index >= 15 is 0 Å². The fourth-order valence-electron chi connectivity index (χ4n) is 1.84. The van der Waals surface area contributed by atoms with Crippen molar-refractivity contribution >= 4 is 11.9 Å². The zero-order chi connectivity index (χ0) is 13.9. The van der Waals surface area contributed by atoms with Gasteiger partial charge in [-0.15, -0.1) is 0 Å². The fraction of sp³-hybridized carbons (Fsp3) is 0.800. The summed E-state index contributed by atoms with van der Waals surface area (Å²) in [7, 11) is 0. The van der Waals surface area contributed by atoms with Gasteiger partial charge in [0.15, 0.2) is 0 Å². The van der Waals surface area contributed by atoms with Gasteiger partial charge in [-0.2, -0.15) is 13.2 Å². The quantitative estimate of drug-likeness (QED) is 0.750. The molecule has 8 heteroatoms. The summed E-state index contributed by atoms with van der Waals surface area (Å²) in [5.74, 6) is -1.66. The molecule has 0 aromatic rings. The Morgan fingerprint density at radius 2 is 2.22 bits per heavy atom. The van der Waals surface area contributed by atoms with Crippen LogP contribution in [0.2, 0.25) is 0 Å². The Morgan fingerprint density at radius 3 is 2.61 bits per heavy atom. The lowest BCUT2D eigenvalue weighted by Gasteiger charge is -2.29. The smallest absolute Gasteiger partial charge is 0.409 e. The fourth-order valence-corrected chi connectivity index (χ4v) is 1.84. The van der Waals surface area contributed by atoms with Crippen molar-refractivity contribution in [2.24, 2.45) is 5.73 Å². The molecule has 18 heavy (non-hydrogen) atoms. The number of likely N-dealkylation sites (tertiary alicyclic amines) is 1. The Kier molecular flexibility index (Phi) is 4.55. The largest absolute Gasteiger partial charge is 0.466 e. The van der Waals surface area contributed by atoms with Crippen molar-refractivity contribution in [3.05, 3.63) is 0 Å². The molecule has 0 aromatic carbocycles. The second-order valence-corrected chi connectivity index (χ2v) is 4.08. The number of hydrogen-bond acceptors (Lipinski definition) is 4. The molecular formula is C10H15F3N2O3. The Morgan fingerprint density at radius 1 is 1.61 bits per heavy atom. The summed E-state index contributed by atoms with van der Waals surface area (Å²) in [6.07, 6.45) is -5.70. The normalized spacial score (nSPS) is 22.2. The highest BCUT2D eigenvalue weighted by atomic mass is 19.4. The maximum atomic E-state index is 12.8. The van der Waals surface area contributed by atoms with E-state index in [0.29, 0.717) is 4.90 Å². The van der Waals surface area contributed by atoms with Crippen LogP contribution in [0.4, 0.5) is 13.2 Å². The summed E-state index contributed by atoms with van der Waals surface area (Å²) in [6, 6.07) is -2.78. The van der Waals surface area contributed by atoms with Crippen LogP contribution in [-0.4, -0.2) is 48.2 Å². The van der Waals surface area contributed by atoms with Crippen molar-refractivity contribution in [1.29, 1.82) is 0 Å². The Labute approximate surface area is 102 Å². The van der Waals surface area contributed by atoms with Gasteiger partial charge in [0.25, 0.3) is 0 Å². The van der Waals surface area contributed by atoms with Crippen LogP contribution < -0.4 is 5.73 Å². The van der Waals surface area contributed by atoms with E-state index in [1.165, 1.54) is 6.92 Å². The Balaban J connectivity index is 2.79. The highest BCUT2D eigenvalue weighted by molar-refractivity contribution is 5.80. The van der Waals surface area contributed by atoms with E-state index in [0.717, 1.165) is 0 Å². The number of rotatable bonds is 4. The molecule has 1 saturated heterocycles. The van der Waals surface area contributed by atoms with Crippen LogP contribution in [0.15, 0.2) is 0 Å². The monoisotopic (exact) mass is 268 g/mol. The molecule has 0 aliphatic carbocycles. The van der Waals surface area contributed by atoms with Crippen molar-refractivity contribution in [2.45, 2.75) is 38.0 Å². The number of carbonyl (C=O) groups excluding carboxylic acids is 2. The lowest BCUT2D eigenvalue weighted by molar-refractivity contribution is -0.192. The van der Waals surface area contributed by atoms with Gasteiger partial charge in [0, 0.05) is 19.0 Å². The molecule has 1 amide bonds.